The van der Waals surface area contributed by atoms with Gasteiger partial charge in [-0.05, 0) is 28.8 Å². The molecule has 2 nitrogen and oxygen atoms in total. The van der Waals surface area contributed by atoms with Crippen LogP contribution in [0.2, 0.25) is 0 Å². The minimum atomic E-state index is -0.0176. The lowest BCUT2D eigenvalue weighted by atomic mass is 9.84. The Morgan fingerprint density at radius 3 is 1.52 bits per heavy atom. The van der Waals surface area contributed by atoms with E-state index in [9.17, 15) is 9.59 Å². The first-order valence-corrected chi connectivity index (χ1v) is 7.47. The van der Waals surface area contributed by atoms with E-state index < -0.39 is 0 Å². The Kier molecular flexibility index (Phi) is 4.44. The van der Waals surface area contributed by atoms with Crippen molar-refractivity contribution in [1.29, 1.82) is 0 Å². The van der Waals surface area contributed by atoms with Crippen LogP contribution in [0.3, 0.4) is 0 Å². The van der Waals surface area contributed by atoms with E-state index >= 15 is 0 Å². The average molecular weight is 300 g/mol. The van der Waals surface area contributed by atoms with E-state index in [1.807, 2.05) is 54.6 Å². The molecule has 0 bridgehead atoms. The Morgan fingerprint density at radius 1 is 0.565 bits per heavy atom. The molecule has 112 valence electrons. The van der Waals surface area contributed by atoms with Crippen LogP contribution in [0.15, 0.2) is 78.9 Å². The number of carbonyl (C=O) groups is 2. The van der Waals surface area contributed by atoms with Crippen molar-refractivity contribution in [3.05, 3.63) is 107 Å². The molecule has 0 saturated heterocycles. The molecule has 2 heteroatoms. The van der Waals surface area contributed by atoms with Gasteiger partial charge in [0.1, 0.15) is 12.6 Å². The van der Waals surface area contributed by atoms with Gasteiger partial charge in [-0.2, -0.15) is 0 Å². The minimum Gasteiger partial charge on any atom is -0.298 e. The lowest BCUT2D eigenvalue weighted by molar-refractivity contribution is 0.111. The summed E-state index contributed by atoms with van der Waals surface area (Å²) in [7, 11) is 0. The van der Waals surface area contributed by atoms with Crippen LogP contribution in [0.25, 0.3) is 0 Å². The van der Waals surface area contributed by atoms with E-state index in [0.717, 1.165) is 29.3 Å². The lowest BCUT2D eigenvalue weighted by Gasteiger charge is -2.19. The molecule has 0 radical (unpaired) electrons. The molecule has 3 rings (SSSR count). The van der Waals surface area contributed by atoms with Gasteiger partial charge in [0.05, 0.1) is 0 Å². The van der Waals surface area contributed by atoms with Crippen molar-refractivity contribution in [3.63, 3.8) is 0 Å². The highest BCUT2D eigenvalue weighted by Crippen LogP contribution is 2.32. The third kappa shape index (κ3) is 3.27. The highest BCUT2D eigenvalue weighted by molar-refractivity contribution is 5.76. The Hall–Kier alpha value is -3.00. The fraction of sp³-hybridized carbons (Fsp3) is 0.0476. The summed E-state index contributed by atoms with van der Waals surface area (Å²) in [6.45, 7) is 0. The van der Waals surface area contributed by atoms with Crippen molar-refractivity contribution in [2.75, 3.05) is 0 Å². The molecule has 3 aromatic rings. The van der Waals surface area contributed by atoms with E-state index in [1.54, 1.807) is 12.1 Å². The van der Waals surface area contributed by atoms with Crippen molar-refractivity contribution in [2.45, 2.75) is 5.92 Å². The average Bonchev–Trinajstić information content (AvgIpc) is 2.63. The van der Waals surface area contributed by atoms with Crippen LogP contribution in [0, 0.1) is 0 Å². The molecule has 0 aliphatic rings. The Bertz CT molecular complexity index is 771. The Balaban J connectivity index is 2.17. The van der Waals surface area contributed by atoms with E-state index in [-0.39, 0.29) is 5.92 Å². The van der Waals surface area contributed by atoms with Crippen LogP contribution in [0.4, 0.5) is 0 Å². The zero-order valence-electron chi connectivity index (χ0n) is 12.6. The second kappa shape index (κ2) is 6.84. The van der Waals surface area contributed by atoms with E-state index in [0.29, 0.717) is 11.1 Å². The number of carbonyl (C=O) groups excluding carboxylic acids is 2. The number of rotatable bonds is 5. The molecule has 0 heterocycles. The molecule has 3 aromatic carbocycles. The molecule has 0 aliphatic heterocycles. The van der Waals surface area contributed by atoms with Crippen LogP contribution in [-0.4, -0.2) is 12.6 Å². The van der Waals surface area contributed by atoms with Gasteiger partial charge in [-0.25, -0.2) is 0 Å². The monoisotopic (exact) mass is 300 g/mol. The molecule has 0 amide bonds. The summed E-state index contributed by atoms with van der Waals surface area (Å²) in [6.07, 6.45) is 1.71. The Labute approximate surface area is 135 Å². The molecule has 0 spiro atoms. The first-order valence-electron chi connectivity index (χ1n) is 7.47. The van der Waals surface area contributed by atoms with E-state index in [4.69, 9.17) is 0 Å². The molecule has 0 atom stereocenters. The smallest absolute Gasteiger partial charge is 0.150 e. The second-order valence-corrected chi connectivity index (χ2v) is 5.42. The number of benzene rings is 3. The summed E-state index contributed by atoms with van der Waals surface area (Å²) in [5.74, 6) is -0.0176. The Morgan fingerprint density at radius 2 is 1.04 bits per heavy atom. The van der Waals surface area contributed by atoms with Crippen LogP contribution in [0.5, 0.6) is 0 Å². The largest absolute Gasteiger partial charge is 0.298 e. The van der Waals surface area contributed by atoms with Crippen LogP contribution < -0.4 is 0 Å². The summed E-state index contributed by atoms with van der Waals surface area (Å²) < 4.78 is 0. The van der Waals surface area contributed by atoms with Gasteiger partial charge in [0, 0.05) is 17.0 Å². The fourth-order valence-corrected chi connectivity index (χ4v) is 2.85. The zero-order valence-corrected chi connectivity index (χ0v) is 12.6. The third-order valence-electron chi connectivity index (χ3n) is 3.89. The normalized spacial score (nSPS) is 10.5. The standard InChI is InChI=1S/C21H16O2/c22-14-16-6-4-10-19(12-16)21(18-8-2-1-3-9-18)20-11-5-7-17(13-20)15-23/h1-15,21H. The summed E-state index contributed by atoms with van der Waals surface area (Å²) in [6, 6.07) is 25.3. The van der Waals surface area contributed by atoms with Crippen molar-refractivity contribution >= 4 is 12.6 Å². The molecule has 0 N–H and O–H groups in total. The first-order chi connectivity index (χ1) is 11.3. The topological polar surface area (TPSA) is 34.1 Å². The fourth-order valence-electron chi connectivity index (χ4n) is 2.85. The predicted molar refractivity (Wildman–Crippen MR) is 91.0 cm³/mol. The molecule has 0 unspecified atom stereocenters. The van der Waals surface area contributed by atoms with E-state index in [2.05, 4.69) is 12.1 Å². The van der Waals surface area contributed by atoms with Gasteiger partial charge < -0.3 is 0 Å². The van der Waals surface area contributed by atoms with Gasteiger partial charge >= 0.3 is 0 Å². The lowest BCUT2D eigenvalue weighted by Crippen LogP contribution is -2.04. The van der Waals surface area contributed by atoms with Crippen LogP contribution >= 0.6 is 0 Å². The summed E-state index contributed by atoms with van der Waals surface area (Å²) in [4.78, 5) is 22.2. The molecular weight excluding hydrogens is 284 g/mol. The molecule has 0 saturated carbocycles. The molecule has 0 aromatic heterocycles. The summed E-state index contributed by atoms with van der Waals surface area (Å²) >= 11 is 0. The molecule has 0 fully saturated rings. The van der Waals surface area contributed by atoms with Crippen LogP contribution in [0.1, 0.15) is 43.3 Å². The van der Waals surface area contributed by atoms with Crippen molar-refractivity contribution in [3.8, 4) is 0 Å². The summed E-state index contributed by atoms with van der Waals surface area (Å²) in [5, 5.41) is 0. The number of hydrogen-bond acceptors (Lipinski definition) is 2. The highest BCUT2D eigenvalue weighted by atomic mass is 16.1. The first kappa shape index (κ1) is 14.9. The zero-order chi connectivity index (χ0) is 16.1. The molecular formula is C21H16O2. The van der Waals surface area contributed by atoms with Gasteiger partial charge in [-0.15, -0.1) is 0 Å². The maximum Gasteiger partial charge on any atom is 0.150 e. The predicted octanol–water partition coefficient (Wildman–Crippen LogP) is 4.49. The van der Waals surface area contributed by atoms with Gasteiger partial charge in [-0.3, -0.25) is 9.59 Å². The van der Waals surface area contributed by atoms with E-state index in [1.165, 1.54) is 0 Å². The third-order valence-corrected chi connectivity index (χ3v) is 3.89. The van der Waals surface area contributed by atoms with Crippen LogP contribution in [-0.2, 0) is 0 Å². The van der Waals surface area contributed by atoms with Gasteiger partial charge in [0.15, 0.2) is 0 Å². The molecule has 23 heavy (non-hydrogen) atoms. The van der Waals surface area contributed by atoms with Crippen molar-refractivity contribution < 1.29 is 9.59 Å². The molecule has 0 aliphatic carbocycles. The minimum absolute atomic E-state index is 0.0176. The maximum atomic E-state index is 11.1. The SMILES string of the molecule is O=Cc1cccc(C(c2ccccc2)c2cccc(C=O)c2)c1. The van der Waals surface area contributed by atoms with Gasteiger partial charge in [0.25, 0.3) is 0 Å². The van der Waals surface area contributed by atoms with Gasteiger partial charge in [0.2, 0.25) is 0 Å². The van der Waals surface area contributed by atoms with Gasteiger partial charge in [-0.1, -0.05) is 66.7 Å². The second-order valence-electron chi connectivity index (χ2n) is 5.42. The number of hydrogen-bond donors (Lipinski definition) is 0. The number of aldehydes is 2. The maximum absolute atomic E-state index is 11.1. The van der Waals surface area contributed by atoms with Crippen molar-refractivity contribution in [2.24, 2.45) is 0 Å². The quantitative estimate of drug-likeness (QED) is 0.514. The van der Waals surface area contributed by atoms with Crippen molar-refractivity contribution in [1.82, 2.24) is 0 Å². The highest BCUT2D eigenvalue weighted by Gasteiger charge is 2.17. The summed E-state index contributed by atoms with van der Waals surface area (Å²) in [5.41, 5.74) is 4.48.